The molecule has 0 bridgehead atoms. The molecule has 0 saturated heterocycles. The lowest BCUT2D eigenvalue weighted by Gasteiger charge is -2.04. The largest absolute Gasteiger partial charge is 0.396 e. The highest BCUT2D eigenvalue weighted by Gasteiger charge is 2.10. The van der Waals surface area contributed by atoms with E-state index in [4.69, 9.17) is 5.11 Å². The van der Waals surface area contributed by atoms with Gasteiger partial charge in [0, 0.05) is 25.8 Å². The molecule has 0 fully saturated rings. The quantitative estimate of drug-likeness (QED) is 0.696. The van der Waals surface area contributed by atoms with Crippen molar-refractivity contribution in [1.82, 2.24) is 9.78 Å². The van der Waals surface area contributed by atoms with E-state index in [2.05, 4.69) is 5.10 Å². The van der Waals surface area contributed by atoms with Gasteiger partial charge in [0.25, 0.3) is 0 Å². The molecule has 0 unspecified atom stereocenters. The summed E-state index contributed by atoms with van der Waals surface area (Å²) in [5, 5.41) is 12.7. The van der Waals surface area contributed by atoms with Crippen molar-refractivity contribution in [2.45, 2.75) is 32.7 Å². The van der Waals surface area contributed by atoms with Gasteiger partial charge in [0.05, 0.1) is 0 Å². The van der Waals surface area contributed by atoms with Crippen molar-refractivity contribution in [3.63, 3.8) is 0 Å². The van der Waals surface area contributed by atoms with Crippen molar-refractivity contribution in [3.05, 3.63) is 18.0 Å². The fourth-order valence-electron chi connectivity index (χ4n) is 1.33. The molecule has 0 amide bonds. The Bertz CT molecular complexity index is 294. The molecule has 4 heteroatoms. The molecule has 0 aromatic carbocycles. The molecule has 0 saturated carbocycles. The van der Waals surface area contributed by atoms with Gasteiger partial charge in [-0.3, -0.25) is 9.48 Å². The summed E-state index contributed by atoms with van der Waals surface area (Å²) in [5.74, 6) is 0.0602. The highest BCUT2D eigenvalue weighted by molar-refractivity contribution is 5.94. The molecule has 0 atom stereocenters. The number of carbonyl (C=O) groups is 1. The molecule has 0 aliphatic heterocycles. The van der Waals surface area contributed by atoms with E-state index < -0.39 is 0 Å². The Hall–Kier alpha value is -1.16. The Labute approximate surface area is 83.5 Å². The molecule has 0 aliphatic carbocycles. The lowest BCUT2D eigenvalue weighted by atomic mass is 10.2. The van der Waals surface area contributed by atoms with Crippen molar-refractivity contribution in [1.29, 1.82) is 0 Å². The van der Waals surface area contributed by atoms with Crippen LogP contribution in [0.1, 0.15) is 36.7 Å². The number of Topliss-reactive ketones (excluding diaryl/α,β-unsaturated/α-hetero) is 1. The van der Waals surface area contributed by atoms with E-state index in [9.17, 15) is 4.79 Å². The van der Waals surface area contributed by atoms with Gasteiger partial charge in [-0.1, -0.05) is 6.92 Å². The predicted molar refractivity (Wildman–Crippen MR) is 53.2 cm³/mol. The van der Waals surface area contributed by atoms with Crippen molar-refractivity contribution in [3.8, 4) is 0 Å². The standard InChI is InChI=1S/C10H16N2O2/c1-2-7-12-9(5-6-11-12)10(14)4-3-8-13/h5-6,13H,2-4,7-8H2,1H3. The number of hydrogen-bond acceptors (Lipinski definition) is 3. The number of aryl methyl sites for hydroxylation is 1. The smallest absolute Gasteiger partial charge is 0.180 e. The van der Waals surface area contributed by atoms with E-state index in [0.717, 1.165) is 13.0 Å². The van der Waals surface area contributed by atoms with Gasteiger partial charge in [0.2, 0.25) is 0 Å². The number of carbonyl (C=O) groups excluding carboxylic acids is 1. The number of aliphatic hydroxyl groups excluding tert-OH is 1. The summed E-state index contributed by atoms with van der Waals surface area (Å²) in [5.41, 5.74) is 0.653. The fourth-order valence-corrected chi connectivity index (χ4v) is 1.33. The van der Waals surface area contributed by atoms with Crippen LogP contribution in [-0.4, -0.2) is 27.3 Å². The first-order valence-electron chi connectivity index (χ1n) is 4.95. The van der Waals surface area contributed by atoms with Gasteiger partial charge in [-0.25, -0.2) is 0 Å². The second-order valence-corrected chi connectivity index (χ2v) is 3.19. The van der Waals surface area contributed by atoms with Gasteiger partial charge in [-0.2, -0.15) is 5.10 Å². The number of nitrogens with zero attached hydrogens (tertiary/aromatic N) is 2. The molecule has 1 aromatic heterocycles. The van der Waals surface area contributed by atoms with Crippen molar-refractivity contribution >= 4 is 5.78 Å². The monoisotopic (exact) mass is 196 g/mol. The molecule has 1 aromatic rings. The summed E-state index contributed by atoms with van der Waals surface area (Å²) in [6.07, 6.45) is 3.52. The Morgan fingerprint density at radius 3 is 3.07 bits per heavy atom. The van der Waals surface area contributed by atoms with Crippen molar-refractivity contribution in [2.75, 3.05) is 6.61 Å². The Morgan fingerprint density at radius 2 is 2.43 bits per heavy atom. The summed E-state index contributed by atoms with van der Waals surface area (Å²) in [6, 6.07) is 1.73. The summed E-state index contributed by atoms with van der Waals surface area (Å²) in [4.78, 5) is 11.6. The molecular weight excluding hydrogens is 180 g/mol. The highest BCUT2D eigenvalue weighted by atomic mass is 16.3. The predicted octanol–water partition coefficient (Wildman–Crippen LogP) is 1.25. The number of hydrogen-bond donors (Lipinski definition) is 1. The minimum absolute atomic E-state index is 0.0602. The minimum Gasteiger partial charge on any atom is -0.396 e. The van der Waals surface area contributed by atoms with E-state index in [1.807, 2.05) is 6.92 Å². The van der Waals surface area contributed by atoms with E-state index in [-0.39, 0.29) is 12.4 Å². The summed E-state index contributed by atoms with van der Waals surface area (Å²) in [7, 11) is 0. The third-order valence-electron chi connectivity index (χ3n) is 2.00. The van der Waals surface area contributed by atoms with Gasteiger partial charge in [0.15, 0.2) is 5.78 Å². The summed E-state index contributed by atoms with van der Waals surface area (Å²) >= 11 is 0. The molecule has 0 spiro atoms. The molecule has 4 nitrogen and oxygen atoms in total. The van der Waals surface area contributed by atoms with E-state index in [1.165, 1.54) is 0 Å². The van der Waals surface area contributed by atoms with Crippen LogP contribution >= 0.6 is 0 Å². The summed E-state index contributed by atoms with van der Waals surface area (Å²) < 4.78 is 1.72. The fraction of sp³-hybridized carbons (Fsp3) is 0.600. The average Bonchev–Trinajstić information content (AvgIpc) is 2.63. The van der Waals surface area contributed by atoms with Gasteiger partial charge >= 0.3 is 0 Å². The number of aliphatic hydroxyl groups is 1. The number of ketones is 1. The zero-order valence-corrected chi connectivity index (χ0v) is 8.44. The maximum atomic E-state index is 11.6. The first-order valence-corrected chi connectivity index (χ1v) is 4.95. The zero-order chi connectivity index (χ0) is 10.4. The normalized spacial score (nSPS) is 10.4. The maximum absolute atomic E-state index is 11.6. The van der Waals surface area contributed by atoms with Crippen LogP contribution in [0.4, 0.5) is 0 Å². The number of rotatable bonds is 6. The first-order chi connectivity index (χ1) is 6.79. The van der Waals surface area contributed by atoms with E-state index >= 15 is 0 Å². The topological polar surface area (TPSA) is 55.1 Å². The van der Waals surface area contributed by atoms with Crippen LogP contribution in [0, 0.1) is 0 Å². The molecule has 1 heterocycles. The van der Waals surface area contributed by atoms with Gasteiger partial charge < -0.3 is 5.11 Å². The second kappa shape index (κ2) is 5.54. The van der Waals surface area contributed by atoms with Crippen molar-refractivity contribution in [2.24, 2.45) is 0 Å². The Balaban J connectivity index is 2.63. The van der Waals surface area contributed by atoms with Gasteiger partial charge in [-0.05, 0) is 18.9 Å². The highest BCUT2D eigenvalue weighted by Crippen LogP contribution is 2.05. The van der Waals surface area contributed by atoms with E-state index in [1.54, 1.807) is 16.9 Å². The average molecular weight is 196 g/mol. The molecule has 1 rings (SSSR count). The molecule has 0 radical (unpaired) electrons. The van der Waals surface area contributed by atoms with Crippen molar-refractivity contribution < 1.29 is 9.90 Å². The van der Waals surface area contributed by atoms with E-state index in [0.29, 0.717) is 18.5 Å². The number of aromatic nitrogens is 2. The summed E-state index contributed by atoms with van der Waals surface area (Å²) in [6.45, 7) is 2.88. The first kappa shape index (κ1) is 10.9. The minimum atomic E-state index is 0.0602. The Morgan fingerprint density at radius 1 is 1.64 bits per heavy atom. The van der Waals surface area contributed by atoms with Crippen LogP contribution < -0.4 is 0 Å². The third-order valence-corrected chi connectivity index (χ3v) is 2.00. The zero-order valence-electron chi connectivity index (χ0n) is 8.44. The second-order valence-electron chi connectivity index (χ2n) is 3.19. The van der Waals surface area contributed by atoms with Crippen LogP contribution in [-0.2, 0) is 6.54 Å². The van der Waals surface area contributed by atoms with Crippen LogP contribution in [0.3, 0.4) is 0 Å². The SMILES string of the molecule is CCCn1nccc1C(=O)CCCO. The molecular formula is C10H16N2O2. The maximum Gasteiger partial charge on any atom is 0.180 e. The molecule has 1 N–H and O–H groups in total. The lowest BCUT2D eigenvalue weighted by molar-refractivity contribution is 0.0960. The molecule has 14 heavy (non-hydrogen) atoms. The lowest BCUT2D eigenvalue weighted by Crippen LogP contribution is -2.10. The molecule has 0 aliphatic rings. The van der Waals surface area contributed by atoms with Gasteiger partial charge in [-0.15, -0.1) is 0 Å². The van der Waals surface area contributed by atoms with Crippen LogP contribution in [0.25, 0.3) is 0 Å². The third kappa shape index (κ3) is 2.67. The molecule has 78 valence electrons. The van der Waals surface area contributed by atoms with Crippen LogP contribution in [0.5, 0.6) is 0 Å². The van der Waals surface area contributed by atoms with Gasteiger partial charge in [0.1, 0.15) is 5.69 Å². The van der Waals surface area contributed by atoms with Crippen LogP contribution in [0.2, 0.25) is 0 Å². The Kier molecular flexibility index (Phi) is 4.32. The van der Waals surface area contributed by atoms with Crippen LogP contribution in [0.15, 0.2) is 12.3 Å².